The molecule has 0 aliphatic rings. The third kappa shape index (κ3) is 4.54. The zero-order valence-electron chi connectivity index (χ0n) is 11.9. The van der Waals surface area contributed by atoms with Gasteiger partial charge in [-0.25, -0.2) is 5.43 Å². The van der Waals surface area contributed by atoms with Gasteiger partial charge in [0.05, 0.1) is 12.1 Å². The van der Waals surface area contributed by atoms with Crippen molar-refractivity contribution in [2.75, 3.05) is 0 Å². The molecule has 112 valence electrons. The molecule has 2 aromatic rings. The van der Waals surface area contributed by atoms with Crippen molar-refractivity contribution in [2.24, 2.45) is 5.84 Å². The van der Waals surface area contributed by atoms with Crippen molar-refractivity contribution in [3.05, 3.63) is 62.5 Å². The largest absolute Gasteiger partial charge is 0.491 e. The van der Waals surface area contributed by atoms with Gasteiger partial charge in [0.1, 0.15) is 5.75 Å². The zero-order chi connectivity index (χ0) is 15.4. The number of rotatable bonds is 5. The standard InChI is InChI=1S/C16H18Br2N2O/c1-10(2)21-15-5-3-11(4-6-15)16(20-19)12-7-13(17)9-14(18)8-12/h3-10,16,20H,19H2,1-2H3. The van der Waals surface area contributed by atoms with Crippen LogP contribution in [0.4, 0.5) is 0 Å². The number of hydrazine groups is 1. The van der Waals surface area contributed by atoms with E-state index in [-0.39, 0.29) is 12.1 Å². The van der Waals surface area contributed by atoms with Gasteiger partial charge in [0, 0.05) is 8.95 Å². The molecule has 0 aliphatic carbocycles. The van der Waals surface area contributed by atoms with Gasteiger partial charge in [0.25, 0.3) is 0 Å². The van der Waals surface area contributed by atoms with Crippen LogP contribution in [-0.4, -0.2) is 6.10 Å². The molecule has 3 nitrogen and oxygen atoms in total. The second-order valence-corrected chi connectivity index (χ2v) is 6.87. The number of nitrogens with two attached hydrogens (primary N) is 1. The number of ether oxygens (including phenoxy) is 1. The molecule has 5 heteroatoms. The molecule has 0 spiro atoms. The molecule has 0 radical (unpaired) electrons. The van der Waals surface area contributed by atoms with Crippen LogP contribution in [-0.2, 0) is 0 Å². The van der Waals surface area contributed by atoms with E-state index in [1.54, 1.807) is 0 Å². The zero-order valence-corrected chi connectivity index (χ0v) is 15.1. The number of halogens is 2. The predicted molar refractivity (Wildman–Crippen MR) is 93.2 cm³/mol. The topological polar surface area (TPSA) is 47.3 Å². The van der Waals surface area contributed by atoms with Crippen molar-refractivity contribution >= 4 is 31.9 Å². The maximum atomic E-state index is 5.74. The summed E-state index contributed by atoms with van der Waals surface area (Å²) < 4.78 is 7.67. The van der Waals surface area contributed by atoms with Crippen LogP contribution in [0.1, 0.15) is 31.0 Å². The molecule has 3 N–H and O–H groups in total. The highest BCUT2D eigenvalue weighted by Gasteiger charge is 2.14. The van der Waals surface area contributed by atoms with Crippen LogP contribution in [0.3, 0.4) is 0 Å². The van der Waals surface area contributed by atoms with Gasteiger partial charge in [-0.2, -0.15) is 0 Å². The molecule has 0 aliphatic heterocycles. The summed E-state index contributed by atoms with van der Waals surface area (Å²) in [6.07, 6.45) is 0.167. The first kappa shape index (κ1) is 16.5. The lowest BCUT2D eigenvalue weighted by atomic mass is 9.99. The van der Waals surface area contributed by atoms with Crippen molar-refractivity contribution in [2.45, 2.75) is 26.0 Å². The van der Waals surface area contributed by atoms with Crippen LogP contribution in [0.25, 0.3) is 0 Å². The summed E-state index contributed by atoms with van der Waals surface area (Å²) in [6.45, 7) is 4.02. The monoisotopic (exact) mass is 412 g/mol. The first-order valence-corrected chi connectivity index (χ1v) is 8.27. The van der Waals surface area contributed by atoms with Gasteiger partial charge >= 0.3 is 0 Å². The van der Waals surface area contributed by atoms with E-state index in [4.69, 9.17) is 10.6 Å². The van der Waals surface area contributed by atoms with Crippen molar-refractivity contribution in [1.82, 2.24) is 5.43 Å². The lowest BCUT2D eigenvalue weighted by molar-refractivity contribution is 0.242. The first-order chi connectivity index (χ1) is 9.99. The molecule has 1 atom stereocenters. The Morgan fingerprint density at radius 3 is 2.00 bits per heavy atom. The summed E-state index contributed by atoms with van der Waals surface area (Å²) in [5.41, 5.74) is 5.03. The summed E-state index contributed by atoms with van der Waals surface area (Å²) >= 11 is 7.01. The second kappa shape index (κ2) is 7.40. The van der Waals surface area contributed by atoms with Gasteiger partial charge in [-0.1, -0.05) is 44.0 Å². The van der Waals surface area contributed by atoms with Gasteiger partial charge < -0.3 is 4.74 Å². The van der Waals surface area contributed by atoms with E-state index >= 15 is 0 Å². The number of benzene rings is 2. The lowest BCUT2D eigenvalue weighted by Crippen LogP contribution is -2.28. The quantitative estimate of drug-likeness (QED) is 0.558. The molecular formula is C16H18Br2N2O. The van der Waals surface area contributed by atoms with Crippen LogP contribution in [0.5, 0.6) is 5.75 Å². The van der Waals surface area contributed by atoms with E-state index in [2.05, 4.69) is 37.3 Å². The molecule has 0 amide bonds. The molecule has 2 aromatic carbocycles. The summed E-state index contributed by atoms with van der Waals surface area (Å²) in [4.78, 5) is 0. The Morgan fingerprint density at radius 2 is 1.52 bits per heavy atom. The van der Waals surface area contributed by atoms with Crippen molar-refractivity contribution in [3.63, 3.8) is 0 Å². The van der Waals surface area contributed by atoms with Crippen molar-refractivity contribution in [3.8, 4) is 5.75 Å². The highest BCUT2D eigenvalue weighted by molar-refractivity contribution is 9.11. The van der Waals surface area contributed by atoms with Crippen molar-refractivity contribution in [1.29, 1.82) is 0 Å². The molecule has 0 fully saturated rings. The molecule has 21 heavy (non-hydrogen) atoms. The molecule has 0 aromatic heterocycles. The van der Waals surface area contributed by atoms with E-state index in [9.17, 15) is 0 Å². The fourth-order valence-electron chi connectivity index (χ4n) is 2.14. The molecule has 2 rings (SSSR count). The van der Waals surface area contributed by atoms with Gasteiger partial charge in [-0.15, -0.1) is 0 Å². The smallest absolute Gasteiger partial charge is 0.119 e. The number of hydrogen-bond donors (Lipinski definition) is 2. The summed E-state index contributed by atoms with van der Waals surface area (Å²) in [6, 6.07) is 14.0. The number of nitrogens with one attached hydrogen (secondary N) is 1. The van der Waals surface area contributed by atoms with E-state index in [1.807, 2.05) is 56.3 Å². The minimum Gasteiger partial charge on any atom is -0.491 e. The fourth-order valence-corrected chi connectivity index (χ4v) is 3.47. The minimum absolute atomic E-state index is 0.0769. The van der Waals surface area contributed by atoms with E-state index in [0.29, 0.717) is 0 Å². The second-order valence-electron chi connectivity index (χ2n) is 5.04. The Hall–Kier alpha value is -0.880. The highest BCUT2D eigenvalue weighted by Crippen LogP contribution is 2.28. The normalized spacial score (nSPS) is 12.5. The minimum atomic E-state index is -0.0769. The molecule has 0 heterocycles. The average Bonchev–Trinajstić information content (AvgIpc) is 2.40. The Bertz CT molecular complexity index is 579. The maximum absolute atomic E-state index is 5.74. The average molecular weight is 414 g/mol. The number of hydrogen-bond acceptors (Lipinski definition) is 3. The Morgan fingerprint density at radius 1 is 0.952 bits per heavy atom. The van der Waals surface area contributed by atoms with Gasteiger partial charge in [0.15, 0.2) is 0 Å². The SMILES string of the molecule is CC(C)Oc1ccc(C(NN)c2cc(Br)cc(Br)c2)cc1. The van der Waals surface area contributed by atoms with Crippen molar-refractivity contribution < 1.29 is 4.74 Å². The molecular weight excluding hydrogens is 396 g/mol. The first-order valence-electron chi connectivity index (χ1n) is 6.68. The summed E-state index contributed by atoms with van der Waals surface area (Å²) in [5.74, 6) is 6.60. The van der Waals surface area contributed by atoms with Crippen LogP contribution in [0.2, 0.25) is 0 Å². The Labute approximate surface area is 142 Å². The van der Waals surface area contributed by atoms with E-state index < -0.39 is 0 Å². The summed E-state index contributed by atoms with van der Waals surface area (Å²) in [5, 5.41) is 0. The van der Waals surface area contributed by atoms with Crippen LogP contribution < -0.4 is 16.0 Å². The van der Waals surface area contributed by atoms with Crippen LogP contribution in [0.15, 0.2) is 51.4 Å². The van der Waals surface area contributed by atoms with Gasteiger partial charge in [0.2, 0.25) is 0 Å². The third-order valence-corrected chi connectivity index (χ3v) is 3.89. The lowest BCUT2D eigenvalue weighted by Gasteiger charge is -2.18. The van der Waals surface area contributed by atoms with Gasteiger partial charge in [-0.05, 0) is 55.3 Å². The molecule has 1 unspecified atom stereocenters. The van der Waals surface area contributed by atoms with Crippen LogP contribution in [0, 0.1) is 0 Å². The Kier molecular flexibility index (Phi) is 5.81. The molecule has 0 bridgehead atoms. The van der Waals surface area contributed by atoms with E-state index in [0.717, 1.165) is 25.8 Å². The fraction of sp³-hybridized carbons (Fsp3) is 0.250. The molecule has 0 saturated carbocycles. The van der Waals surface area contributed by atoms with Crippen LogP contribution >= 0.6 is 31.9 Å². The molecule has 0 saturated heterocycles. The predicted octanol–water partition coefficient (Wildman–Crippen LogP) is 4.55. The maximum Gasteiger partial charge on any atom is 0.119 e. The van der Waals surface area contributed by atoms with Gasteiger partial charge in [-0.3, -0.25) is 5.84 Å². The summed E-state index contributed by atoms with van der Waals surface area (Å²) in [7, 11) is 0. The highest BCUT2D eigenvalue weighted by atomic mass is 79.9. The third-order valence-electron chi connectivity index (χ3n) is 2.97. The van der Waals surface area contributed by atoms with E-state index in [1.165, 1.54) is 0 Å². The Balaban J connectivity index is 2.28.